The fourth-order valence-corrected chi connectivity index (χ4v) is 1.73. The molecule has 3 nitrogen and oxygen atoms in total. The van der Waals surface area contributed by atoms with Crippen LogP contribution < -0.4 is 10.1 Å². The normalized spacial score (nSPS) is 14.9. The summed E-state index contributed by atoms with van der Waals surface area (Å²) in [6.45, 7) is 3.31. The van der Waals surface area contributed by atoms with Gasteiger partial charge in [-0.3, -0.25) is 0 Å². The van der Waals surface area contributed by atoms with Crippen LogP contribution in [0.15, 0.2) is 24.3 Å². The Morgan fingerprint density at radius 2 is 2.18 bits per heavy atom. The zero-order valence-electron chi connectivity index (χ0n) is 10.4. The molecule has 94 valence electrons. The van der Waals surface area contributed by atoms with Crippen LogP contribution in [0.25, 0.3) is 0 Å². The lowest BCUT2D eigenvalue weighted by atomic mass is 10.2. The fourth-order valence-electron chi connectivity index (χ4n) is 1.73. The van der Waals surface area contributed by atoms with E-state index in [0.29, 0.717) is 13.2 Å². The molecule has 1 saturated carbocycles. The average molecular weight is 235 g/mol. The van der Waals surface area contributed by atoms with Crippen molar-refractivity contribution in [3.8, 4) is 5.75 Å². The molecule has 1 aliphatic carbocycles. The highest BCUT2D eigenvalue weighted by molar-refractivity contribution is 5.28. The summed E-state index contributed by atoms with van der Waals surface area (Å²) in [6, 6.07) is 8.25. The smallest absolute Gasteiger partial charge is 0.119 e. The highest BCUT2D eigenvalue weighted by Crippen LogP contribution is 2.27. The van der Waals surface area contributed by atoms with Gasteiger partial charge < -0.3 is 14.8 Å². The second-order valence-electron chi connectivity index (χ2n) is 4.56. The molecular weight excluding hydrogens is 214 g/mol. The number of rotatable bonds is 8. The molecule has 0 atom stereocenters. The average Bonchev–Trinajstić information content (AvgIpc) is 3.14. The highest BCUT2D eigenvalue weighted by atomic mass is 16.5. The van der Waals surface area contributed by atoms with Gasteiger partial charge in [-0.05, 0) is 43.0 Å². The van der Waals surface area contributed by atoms with Crippen LogP contribution in [0.3, 0.4) is 0 Å². The monoisotopic (exact) mass is 235 g/mol. The first-order valence-corrected chi connectivity index (χ1v) is 6.30. The van der Waals surface area contributed by atoms with E-state index >= 15 is 0 Å². The minimum atomic E-state index is 0.607. The molecule has 3 heteroatoms. The first kappa shape index (κ1) is 12.4. The van der Waals surface area contributed by atoms with Crippen molar-refractivity contribution in [3.05, 3.63) is 29.8 Å². The Bertz CT molecular complexity index is 337. The summed E-state index contributed by atoms with van der Waals surface area (Å²) in [4.78, 5) is 0. The van der Waals surface area contributed by atoms with E-state index in [1.807, 2.05) is 12.1 Å². The van der Waals surface area contributed by atoms with Crippen LogP contribution in [0.4, 0.5) is 0 Å². The molecule has 0 aromatic heterocycles. The molecule has 1 aliphatic rings. The lowest BCUT2D eigenvalue weighted by molar-refractivity contribution is 0.146. The maximum atomic E-state index is 5.57. The molecule has 0 bridgehead atoms. The Morgan fingerprint density at radius 3 is 2.94 bits per heavy atom. The largest absolute Gasteiger partial charge is 0.491 e. The summed E-state index contributed by atoms with van der Waals surface area (Å²) in [7, 11) is 1.68. The highest BCUT2D eigenvalue weighted by Gasteiger charge is 2.19. The molecule has 0 radical (unpaired) electrons. The SMILES string of the molecule is COCCOc1cccc(CNCC2CC2)c1. The number of nitrogens with one attached hydrogen (secondary N) is 1. The predicted molar refractivity (Wildman–Crippen MR) is 68.2 cm³/mol. The number of benzene rings is 1. The molecule has 0 heterocycles. The Morgan fingerprint density at radius 1 is 1.29 bits per heavy atom. The molecule has 2 rings (SSSR count). The summed E-state index contributed by atoms with van der Waals surface area (Å²) < 4.78 is 10.5. The van der Waals surface area contributed by atoms with Gasteiger partial charge in [0.25, 0.3) is 0 Å². The summed E-state index contributed by atoms with van der Waals surface area (Å²) in [5.74, 6) is 1.85. The molecule has 1 fully saturated rings. The first-order valence-electron chi connectivity index (χ1n) is 6.30. The van der Waals surface area contributed by atoms with Crippen LogP contribution in [0.1, 0.15) is 18.4 Å². The van der Waals surface area contributed by atoms with Gasteiger partial charge in [-0.2, -0.15) is 0 Å². The molecule has 0 aliphatic heterocycles. The minimum Gasteiger partial charge on any atom is -0.491 e. The molecular formula is C14H21NO2. The van der Waals surface area contributed by atoms with E-state index in [9.17, 15) is 0 Å². The van der Waals surface area contributed by atoms with Gasteiger partial charge in [0, 0.05) is 13.7 Å². The Kier molecular flexibility index (Phi) is 4.83. The summed E-state index contributed by atoms with van der Waals surface area (Å²) in [6.07, 6.45) is 2.79. The van der Waals surface area contributed by atoms with Crippen molar-refractivity contribution in [3.63, 3.8) is 0 Å². The second-order valence-corrected chi connectivity index (χ2v) is 4.56. The van der Waals surface area contributed by atoms with Gasteiger partial charge in [-0.25, -0.2) is 0 Å². The Labute approximate surface area is 103 Å². The van der Waals surface area contributed by atoms with Crippen molar-refractivity contribution in [2.24, 2.45) is 5.92 Å². The van der Waals surface area contributed by atoms with Gasteiger partial charge in [0.1, 0.15) is 12.4 Å². The third kappa shape index (κ3) is 4.75. The topological polar surface area (TPSA) is 30.5 Å². The van der Waals surface area contributed by atoms with E-state index < -0.39 is 0 Å². The van der Waals surface area contributed by atoms with Crippen LogP contribution >= 0.6 is 0 Å². The lowest BCUT2D eigenvalue weighted by Gasteiger charge is -2.08. The summed E-state index contributed by atoms with van der Waals surface area (Å²) >= 11 is 0. The molecule has 0 saturated heterocycles. The zero-order valence-corrected chi connectivity index (χ0v) is 10.4. The second kappa shape index (κ2) is 6.62. The summed E-state index contributed by atoms with van der Waals surface area (Å²) in [5.41, 5.74) is 1.28. The number of ether oxygens (including phenoxy) is 2. The molecule has 1 aromatic carbocycles. The van der Waals surface area contributed by atoms with E-state index in [4.69, 9.17) is 9.47 Å². The third-order valence-corrected chi connectivity index (χ3v) is 2.91. The number of methoxy groups -OCH3 is 1. The van der Waals surface area contributed by atoms with Crippen molar-refractivity contribution >= 4 is 0 Å². The standard InChI is InChI=1S/C14H21NO2/c1-16-7-8-17-14-4-2-3-13(9-14)11-15-10-12-5-6-12/h2-4,9,12,15H,5-8,10-11H2,1H3. The van der Waals surface area contributed by atoms with E-state index in [-0.39, 0.29) is 0 Å². The Balaban J connectivity index is 1.73. The molecule has 0 unspecified atom stereocenters. The van der Waals surface area contributed by atoms with Gasteiger partial charge >= 0.3 is 0 Å². The molecule has 1 N–H and O–H groups in total. The number of hydrogen-bond donors (Lipinski definition) is 1. The van der Waals surface area contributed by atoms with Crippen molar-refractivity contribution in [2.75, 3.05) is 26.9 Å². The predicted octanol–water partition coefficient (Wildman–Crippen LogP) is 2.21. The van der Waals surface area contributed by atoms with Gasteiger partial charge in [0.05, 0.1) is 6.61 Å². The Hall–Kier alpha value is -1.06. The minimum absolute atomic E-state index is 0.607. The van der Waals surface area contributed by atoms with Gasteiger partial charge in [0.15, 0.2) is 0 Å². The van der Waals surface area contributed by atoms with Crippen LogP contribution in [0, 0.1) is 5.92 Å². The van der Waals surface area contributed by atoms with Gasteiger partial charge in [-0.15, -0.1) is 0 Å². The van der Waals surface area contributed by atoms with Crippen LogP contribution in [0.5, 0.6) is 5.75 Å². The molecule has 1 aromatic rings. The van der Waals surface area contributed by atoms with Crippen LogP contribution in [-0.4, -0.2) is 26.9 Å². The van der Waals surface area contributed by atoms with E-state index in [1.165, 1.54) is 18.4 Å². The summed E-state index contributed by atoms with van der Waals surface area (Å²) in [5, 5.41) is 3.48. The van der Waals surface area contributed by atoms with Crippen LogP contribution in [0.2, 0.25) is 0 Å². The van der Waals surface area contributed by atoms with E-state index in [1.54, 1.807) is 7.11 Å². The zero-order chi connectivity index (χ0) is 11.9. The molecule has 0 amide bonds. The van der Waals surface area contributed by atoms with Gasteiger partial charge in [0.2, 0.25) is 0 Å². The van der Waals surface area contributed by atoms with E-state index in [2.05, 4.69) is 17.4 Å². The van der Waals surface area contributed by atoms with Crippen LogP contribution in [-0.2, 0) is 11.3 Å². The van der Waals surface area contributed by atoms with E-state index in [0.717, 1.165) is 24.8 Å². The molecule has 17 heavy (non-hydrogen) atoms. The van der Waals surface area contributed by atoms with Crippen molar-refractivity contribution < 1.29 is 9.47 Å². The molecule has 0 spiro atoms. The maximum Gasteiger partial charge on any atom is 0.119 e. The van der Waals surface area contributed by atoms with Crippen molar-refractivity contribution in [1.82, 2.24) is 5.32 Å². The lowest BCUT2D eigenvalue weighted by Crippen LogP contribution is -2.16. The fraction of sp³-hybridized carbons (Fsp3) is 0.571. The van der Waals surface area contributed by atoms with Crippen molar-refractivity contribution in [1.29, 1.82) is 0 Å². The van der Waals surface area contributed by atoms with Gasteiger partial charge in [-0.1, -0.05) is 12.1 Å². The quantitative estimate of drug-likeness (QED) is 0.701. The maximum absolute atomic E-state index is 5.57. The van der Waals surface area contributed by atoms with Crippen molar-refractivity contribution in [2.45, 2.75) is 19.4 Å². The third-order valence-electron chi connectivity index (χ3n) is 2.91. The first-order chi connectivity index (χ1) is 8.38. The number of hydrogen-bond acceptors (Lipinski definition) is 3.